The standard InChI is InChI=1S/C24H19NO2S2/c1-16-11-12-21(17(2)13-16)25-23(26)22(29-24(25)28)15-18-7-6-10-20(14-18)27-19-8-4-3-5-9-19/h3-15H,1-2H3/b22-15-. The Balaban J connectivity index is 1.60. The van der Waals surface area contributed by atoms with Gasteiger partial charge in [-0.2, -0.15) is 0 Å². The van der Waals surface area contributed by atoms with E-state index in [9.17, 15) is 4.79 Å². The van der Waals surface area contributed by atoms with Crippen LogP contribution in [0.25, 0.3) is 6.08 Å². The Morgan fingerprint density at radius 1 is 0.931 bits per heavy atom. The number of aryl methyl sites for hydroxylation is 2. The Morgan fingerprint density at radius 2 is 1.69 bits per heavy atom. The summed E-state index contributed by atoms with van der Waals surface area (Å²) in [7, 11) is 0. The molecule has 0 bridgehead atoms. The normalized spacial score (nSPS) is 15.2. The summed E-state index contributed by atoms with van der Waals surface area (Å²) in [5.41, 5.74) is 3.91. The predicted molar refractivity (Wildman–Crippen MR) is 125 cm³/mol. The zero-order valence-electron chi connectivity index (χ0n) is 16.1. The number of rotatable bonds is 4. The molecule has 0 spiro atoms. The minimum Gasteiger partial charge on any atom is -0.457 e. The number of anilines is 1. The van der Waals surface area contributed by atoms with Crippen molar-refractivity contribution in [3.8, 4) is 11.5 Å². The molecule has 0 radical (unpaired) electrons. The predicted octanol–water partition coefficient (Wildman–Crippen LogP) is 6.50. The highest BCUT2D eigenvalue weighted by Crippen LogP contribution is 2.37. The molecule has 1 aliphatic heterocycles. The van der Waals surface area contributed by atoms with Crippen LogP contribution < -0.4 is 9.64 Å². The average Bonchev–Trinajstić information content (AvgIpc) is 2.96. The fourth-order valence-corrected chi connectivity index (χ4v) is 4.46. The number of carbonyl (C=O) groups excluding carboxylic acids is 1. The smallest absolute Gasteiger partial charge is 0.270 e. The molecule has 0 aliphatic carbocycles. The van der Waals surface area contributed by atoms with E-state index in [-0.39, 0.29) is 5.91 Å². The number of para-hydroxylation sites is 1. The highest BCUT2D eigenvalue weighted by molar-refractivity contribution is 8.27. The lowest BCUT2D eigenvalue weighted by Gasteiger charge is -2.17. The Hall–Kier alpha value is -2.89. The number of benzene rings is 3. The highest BCUT2D eigenvalue weighted by Gasteiger charge is 2.34. The lowest BCUT2D eigenvalue weighted by atomic mass is 10.1. The first-order chi connectivity index (χ1) is 14.0. The van der Waals surface area contributed by atoms with E-state index in [0.717, 1.165) is 33.9 Å². The van der Waals surface area contributed by atoms with Gasteiger partial charge < -0.3 is 4.74 Å². The number of thioether (sulfide) groups is 1. The van der Waals surface area contributed by atoms with Crippen LogP contribution in [0.2, 0.25) is 0 Å². The summed E-state index contributed by atoms with van der Waals surface area (Å²) in [6, 6.07) is 23.3. The molecular weight excluding hydrogens is 398 g/mol. The van der Waals surface area contributed by atoms with Gasteiger partial charge in [-0.1, -0.05) is 72.0 Å². The molecule has 3 aromatic rings. The summed E-state index contributed by atoms with van der Waals surface area (Å²) in [6.07, 6.45) is 1.86. The Bertz CT molecular complexity index is 1120. The van der Waals surface area contributed by atoms with Gasteiger partial charge in [-0.3, -0.25) is 9.69 Å². The molecule has 0 N–H and O–H groups in total. The van der Waals surface area contributed by atoms with Crippen molar-refractivity contribution in [2.45, 2.75) is 13.8 Å². The van der Waals surface area contributed by atoms with Crippen LogP contribution in [0.15, 0.2) is 77.7 Å². The molecule has 1 fully saturated rings. The van der Waals surface area contributed by atoms with E-state index in [1.165, 1.54) is 11.8 Å². The second kappa shape index (κ2) is 8.23. The highest BCUT2D eigenvalue weighted by atomic mass is 32.2. The van der Waals surface area contributed by atoms with Gasteiger partial charge in [0.15, 0.2) is 4.32 Å². The first kappa shape index (κ1) is 19.4. The van der Waals surface area contributed by atoms with Crippen molar-refractivity contribution < 1.29 is 9.53 Å². The Kier molecular flexibility index (Phi) is 5.51. The van der Waals surface area contributed by atoms with Crippen molar-refractivity contribution in [3.05, 3.63) is 94.4 Å². The van der Waals surface area contributed by atoms with Gasteiger partial charge >= 0.3 is 0 Å². The number of carbonyl (C=O) groups is 1. The zero-order valence-corrected chi connectivity index (χ0v) is 17.7. The van der Waals surface area contributed by atoms with Gasteiger partial charge in [0.1, 0.15) is 11.5 Å². The van der Waals surface area contributed by atoms with Crippen LogP contribution in [0.4, 0.5) is 5.69 Å². The molecule has 1 aliphatic rings. The fraction of sp³-hybridized carbons (Fsp3) is 0.0833. The van der Waals surface area contributed by atoms with Crippen molar-refractivity contribution in [1.29, 1.82) is 0 Å². The lowest BCUT2D eigenvalue weighted by Crippen LogP contribution is -2.28. The van der Waals surface area contributed by atoms with Crippen molar-refractivity contribution in [2.75, 3.05) is 4.90 Å². The minimum atomic E-state index is -0.0960. The molecular formula is C24H19NO2S2. The molecule has 4 rings (SSSR count). The molecule has 0 aromatic heterocycles. The van der Waals surface area contributed by atoms with E-state index in [1.54, 1.807) is 4.90 Å². The van der Waals surface area contributed by atoms with Gasteiger partial charge in [0, 0.05) is 0 Å². The number of thiocarbonyl (C=S) groups is 1. The van der Waals surface area contributed by atoms with Crippen LogP contribution >= 0.6 is 24.0 Å². The number of amides is 1. The SMILES string of the molecule is Cc1ccc(N2C(=O)/C(=C/c3cccc(Oc4ccccc4)c3)SC2=S)c(C)c1. The number of ether oxygens (including phenoxy) is 1. The maximum absolute atomic E-state index is 13.1. The lowest BCUT2D eigenvalue weighted by molar-refractivity contribution is -0.113. The monoisotopic (exact) mass is 417 g/mol. The molecule has 3 aromatic carbocycles. The molecule has 1 amide bonds. The largest absolute Gasteiger partial charge is 0.457 e. The van der Waals surface area contributed by atoms with Gasteiger partial charge in [-0.05, 0) is 61.4 Å². The van der Waals surface area contributed by atoms with Gasteiger partial charge in [0.25, 0.3) is 5.91 Å². The molecule has 1 heterocycles. The summed E-state index contributed by atoms with van der Waals surface area (Å²) >= 11 is 6.82. The van der Waals surface area contributed by atoms with E-state index in [2.05, 4.69) is 6.07 Å². The van der Waals surface area contributed by atoms with Gasteiger partial charge in [0.2, 0.25) is 0 Å². The van der Waals surface area contributed by atoms with Crippen LogP contribution in [0.3, 0.4) is 0 Å². The van der Waals surface area contributed by atoms with E-state index < -0.39 is 0 Å². The molecule has 144 valence electrons. The second-order valence-electron chi connectivity index (χ2n) is 6.79. The molecule has 29 heavy (non-hydrogen) atoms. The summed E-state index contributed by atoms with van der Waals surface area (Å²) < 4.78 is 6.44. The second-order valence-corrected chi connectivity index (χ2v) is 8.47. The molecule has 0 unspecified atom stereocenters. The van der Waals surface area contributed by atoms with E-state index in [0.29, 0.717) is 9.23 Å². The van der Waals surface area contributed by atoms with Crippen LogP contribution in [0.5, 0.6) is 11.5 Å². The summed E-state index contributed by atoms with van der Waals surface area (Å²) in [6.45, 7) is 4.03. The molecule has 3 nitrogen and oxygen atoms in total. The fourth-order valence-electron chi connectivity index (χ4n) is 3.18. The number of hydrogen-bond acceptors (Lipinski definition) is 4. The topological polar surface area (TPSA) is 29.5 Å². The zero-order chi connectivity index (χ0) is 20.4. The maximum atomic E-state index is 13.1. The molecule has 0 saturated carbocycles. The number of nitrogens with zero attached hydrogens (tertiary/aromatic N) is 1. The molecule has 1 saturated heterocycles. The minimum absolute atomic E-state index is 0.0960. The first-order valence-corrected chi connectivity index (χ1v) is 10.4. The van der Waals surface area contributed by atoms with E-state index in [1.807, 2.05) is 86.7 Å². The van der Waals surface area contributed by atoms with E-state index >= 15 is 0 Å². The average molecular weight is 418 g/mol. The van der Waals surface area contributed by atoms with Gasteiger partial charge in [0.05, 0.1) is 10.6 Å². The summed E-state index contributed by atoms with van der Waals surface area (Å²) in [5, 5.41) is 0. The number of hydrogen-bond donors (Lipinski definition) is 0. The van der Waals surface area contributed by atoms with Crippen LogP contribution in [0.1, 0.15) is 16.7 Å². The van der Waals surface area contributed by atoms with Crippen molar-refractivity contribution >= 4 is 46.0 Å². The van der Waals surface area contributed by atoms with E-state index in [4.69, 9.17) is 17.0 Å². The Morgan fingerprint density at radius 3 is 2.45 bits per heavy atom. The van der Waals surface area contributed by atoms with Crippen molar-refractivity contribution in [2.24, 2.45) is 0 Å². The maximum Gasteiger partial charge on any atom is 0.270 e. The Labute approximate surface area is 180 Å². The molecule has 5 heteroatoms. The quantitative estimate of drug-likeness (QED) is 0.358. The van der Waals surface area contributed by atoms with Crippen molar-refractivity contribution in [1.82, 2.24) is 0 Å². The van der Waals surface area contributed by atoms with Crippen LogP contribution in [-0.4, -0.2) is 10.2 Å². The summed E-state index contributed by atoms with van der Waals surface area (Å²) in [5.74, 6) is 1.39. The molecule has 0 atom stereocenters. The van der Waals surface area contributed by atoms with Gasteiger partial charge in [-0.15, -0.1) is 0 Å². The third-order valence-electron chi connectivity index (χ3n) is 4.52. The van der Waals surface area contributed by atoms with Crippen LogP contribution in [-0.2, 0) is 4.79 Å². The summed E-state index contributed by atoms with van der Waals surface area (Å²) in [4.78, 5) is 15.3. The van der Waals surface area contributed by atoms with Crippen molar-refractivity contribution in [3.63, 3.8) is 0 Å². The van der Waals surface area contributed by atoms with Crippen LogP contribution in [0, 0.1) is 13.8 Å². The third-order valence-corrected chi connectivity index (χ3v) is 5.82. The first-order valence-electron chi connectivity index (χ1n) is 9.19. The van der Waals surface area contributed by atoms with Gasteiger partial charge in [-0.25, -0.2) is 0 Å². The third kappa shape index (κ3) is 4.26.